The Bertz CT molecular complexity index is 3310. The number of pyridine rings is 5. The molecular formula is C70H98N5O24S7+5. The summed E-state index contributed by atoms with van der Waals surface area (Å²) in [7, 11) is -4.76. The third-order valence-electron chi connectivity index (χ3n) is 15.4. The summed E-state index contributed by atoms with van der Waals surface area (Å²) in [5.41, 5.74) is 0.349. The highest BCUT2D eigenvalue weighted by atomic mass is 32.3. The molecule has 5 aromatic heterocycles. The van der Waals surface area contributed by atoms with E-state index < -0.39 is 134 Å². The highest BCUT2D eigenvalue weighted by Gasteiger charge is 2.41. The minimum absolute atomic E-state index is 0.0504. The second-order valence-corrected chi connectivity index (χ2v) is 33.3. The molecule has 6 N–H and O–H groups in total. The van der Waals surface area contributed by atoms with Crippen molar-refractivity contribution in [2.24, 2.45) is 16.2 Å². The first kappa shape index (κ1) is 89.6. The van der Waals surface area contributed by atoms with E-state index in [9.17, 15) is 68.0 Å². The van der Waals surface area contributed by atoms with Crippen molar-refractivity contribution in [2.75, 3.05) is 135 Å². The van der Waals surface area contributed by atoms with Crippen LogP contribution in [0.25, 0.3) is 0 Å². The van der Waals surface area contributed by atoms with Crippen LogP contribution in [0.15, 0.2) is 123 Å². The lowest BCUT2D eigenvalue weighted by atomic mass is 9.90. The normalized spacial score (nSPS) is 11.7. The highest BCUT2D eigenvalue weighted by Crippen LogP contribution is 2.29. The molecule has 0 aliphatic rings. The van der Waals surface area contributed by atoms with E-state index >= 15 is 0 Å². The monoisotopic (exact) mass is 1620 g/mol. The van der Waals surface area contributed by atoms with E-state index in [2.05, 4.69) is 4.18 Å². The highest BCUT2D eigenvalue weighted by molar-refractivity contribution is 8.00. The van der Waals surface area contributed by atoms with E-state index in [-0.39, 0.29) is 50.0 Å². The summed E-state index contributed by atoms with van der Waals surface area (Å²) in [5, 5.41) is 48.4. The molecule has 0 aromatic carbocycles. The van der Waals surface area contributed by atoms with Crippen molar-refractivity contribution in [1.29, 1.82) is 0 Å². The maximum absolute atomic E-state index is 13.9. The molecular weight excluding hydrogens is 1520 g/mol. The number of thioether (sulfide) groups is 6. The Morgan fingerprint density at radius 1 is 0.340 bits per heavy atom. The van der Waals surface area contributed by atoms with Crippen molar-refractivity contribution in [3.63, 3.8) is 0 Å². The summed E-state index contributed by atoms with van der Waals surface area (Å²) in [4.78, 5) is 95.9. The average Bonchev–Trinajstić information content (AvgIpc) is 0.837. The molecule has 0 radical (unpaired) electrons. The molecule has 36 heteroatoms. The van der Waals surface area contributed by atoms with Crippen LogP contribution in [0.5, 0.6) is 0 Å². The van der Waals surface area contributed by atoms with Gasteiger partial charge in [0.05, 0.1) is 68.0 Å². The van der Waals surface area contributed by atoms with Gasteiger partial charge < -0.3 is 37.9 Å². The smallest absolute Gasteiger partial charge is 0.397 e. The summed E-state index contributed by atoms with van der Waals surface area (Å²) >= 11 is 8.65. The molecule has 0 aliphatic carbocycles. The number of aromatic nitrogens is 5. The van der Waals surface area contributed by atoms with Crippen LogP contribution in [0.4, 0.5) is 0 Å². The van der Waals surface area contributed by atoms with Gasteiger partial charge in [0.2, 0.25) is 62.0 Å². The molecule has 0 atom stereocenters. The molecule has 0 spiro atoms. The van der Waals surface area contributed by atoms with E-state index in [1.54, 1.807) is 74.5 Å². The number of carbonyl (C=O) groups is 7. The van der Waals surface area contributed by atoms with Crippen molar-refractivity contribution >= 4 is 123 Å². The third-order valence-corrected chi connectivity index (χ3v) is 22.2. The average molecular weight is 1620 g/mol. The Morgan fingerprint density at radius 2 is 0.566 bits per heavy atom. The first-order valence-electron chi connectivity index (χ1n) is 34.0. The topological polar surface area (TPSA) is 377 Å². The molecule has 0 aliphatic heterocycles. The Morgan fingerprint density at radius 3 is 0.792 bits per heavy atom. The number of rotatable bonds is 56. The van der Waals surface area contributed by atoms with Gasteiger partial charge in [0, 0.05) is 125 Å². The summed E-state index contributed by atoms with van der Waals surface area (Å²) in [6.45, 7) is -2.18. The Balaban J connectivity index is 1.42. The molecule has 0 saturated heterocycles. The molecule has 5 rings (SSSR count). The van der Waals surface area contributed by atoms with Gasteiger partial charge in [-0.25, -0.2) is 4.18 Å². The number of carbonyl (C=O) groups excluding carboxylic acids is 7. The first-order chi connectivity index (χ1) is 50.8. The quantitative estimate of drug-likeness (QED) is 0.00727. The van der Waals surface area contributed by atoms with Crippen LogP contribution in [0.2, 0.25) is 0 Å². The lowest BCUT2D eigenvalue weighted by Gasteiger charge is -2.35. The zero-order valence-corrected chi connectivity index (χ0v) is 65.2. The fourth-order valence-electron chi connectivity index (χ4n) is 9.15. The zero-order chi connectivity index (χ0) is 76.9. The molecule has 5 aromatic rings. The van der Waals surface area contributed by atoms with Gasteiger partial charge in [0.15, 0.2) is 0 Å². The van der Waals surface area contributed by atoms with Crippen LogP contribution in [0.3, 0.4) is 0 Å². The van der Waals surface area contributed by atoms with Gasteiger partial charge in [-0.1, -0.05) is 0 Å². The minimum atomic E-state index is -4.76. The molecule has 0 fully saturated rings. The maximum Gasteiger partial charge on any atom is 0.397 e. The van der Waals surface area contributed by atoms with E-state index in [0.717, 1.165) is 51.5 Å². The van der Waals surface area contributed by atoms with Crippen molar-refractivity contribution in [3.05, 3.63) is 150 Å². The maximum atomic E-state index is 13.9. The second-order valence-electron chi connectivity index (χ2n) is 25.0. The zero-order valence-electron chi connectivity index (χ0n) is 59.5. The predicted molar refractivity (Wildman–Crippen MR) is 393 cm³/mol. The number of ether oxygens (including phenoxy) is 8. The standard InChI is InChI=1S/C70H97N5O24S7/c1-68(2,67(82)92-34-35-99-106(88,89)90)55-105-46-23-66(81)98-54-70(52-96-64(79)21-44-103-39-16-59-9-30-74(86)31-10-59,53-97-65(80)22-45-104-40-17-60-11-32-75(87)33-12-60)48-91-47-69(49-93-61(76)18-41-100-36-13-56-3-24-71(83)25-4-56,50-94-62(77)19-42-101-37-14-57-5-26-72(84)27-6-57)51-95-63(78)20-43-102-38-15-58-7-28-73(85)29-8-58/h3-12,24-33H,13-23,34-55H2,1-2H3,(H5-,83,84,85,86,87,88,89,90)/q+4/p+1. The molecule has 106 heavy (non-hydrogen) atoms. The largest absolute Gasteiger partial charge is 0.465 e. The predicted octanol–water partition coefficient (Wildman–Crippen LogP) is 5.20. The fraction of sp³-hybridized carbons (Fsp3) is 0.543. The van der Waals surface area contributed by atoms with Gasteiger partial charge in [-0.05, 0) is 103 Å². The Hall–Kier alpha value is -7.03. The molecule has 5 heterocycles. The van der Waals surface area contributed by atoms with Crippen molar-refractivity contribution < 1.29 is 138 Å². The van der Waals surface area contributed by atoms with E-state index in [1.165, 1.54) is 133 Å². The van der Waals surface area contributed by atoms with Crippen LogP contribution in [0, 0.1) is 16.2 Å². The number of aryl methyl sites for hydroxylation is 5. The fourth-order valence-corrected chi connectivity index (χ4v) is 15.0. The van der Waals surface area contributed by atoms with Gasteiger partial charge in [0.25, 0.3) is 0 Å². The lowest BCUT2D eigenvalue weighted by Crippen LogP contribution is -2.47. The van der Waals surface area contributed by atoms with Crippen molar-refractivity contribution in [2.45, 2.75) is 84.5 Å². The number of nitrogens with zero attached hydrogens (tertiary/aromatic N) is 5. The van der Waals surface area contributed by atoms with Crippen LogP contribution in [-0.4, -0.2) is 216 Å². The van der Waals surface area contributed by atoms with Crippen LogP contribution < -0.4 is 23.7 Å². The Labute approximate surface area is 643 Å². The first-order valence-corrected chi connectivity index (χ1v) is 42.3. The van der Waals surface area contributed by atoms with Crippen LogP contribution >= 0.6 is 70.6 Å². The molecule has 584 valence electrons. The summed E-state index contributed by atoms with van der Waals surface area (Å²) in [5.74, 6) is 0.458. The molecule has 29 nitrogen and oxygen atoms in total. The van der Waals surface area contributed by atoms with Gasteiger partial charge in [-0.2, -0.15) is 79.0 Å². The van der Waals surface area contributed by atoms with E-state index in [1.807, 2.05) is 0 Å². The molecule has 0 saturated carbocycles. The number of hydrogen-bond donors (Lipinski definition) is 6. The van der Waals surface area contributed by atoms with Crippen molar-refractivity contribution in [3.8, 4) is 0 Å². The summed E-state index contributed by atoms with van der Waals surface area (Å²) < 4.78 is 87.4. The SMILES string of the molecule is CC(C)(CSCCC(=O)OCC(COCC(COC(=O)CCSCCc1cc[n+](O)cc1)(COC(=O)CCSCCc1cc[n+](O)cc1)COC(=O)CCSCCc1cc[n+](O)cc1)(COC(=O)CCSCCc1cc[n+](O)cc1)COC(=O)CCSCCc1cc[n+](O)cc1)C(=O)OCCOS(=O)(=O)O. The molecule has 0 amide bonds. The molecule has 0 unspecified atom stereocenters. The van der Waals surface area contributed by atoms with Crippen LogP contribution in [-0.2, 0) is 118 Å². The van der Waals surface area contributed by atoms with E-state index in [0.29, 0.717) is 89.6 Å². The van der Waals surface area contributed by atoms with Gasteiger partial charge in [-0.15, -0.1) is 0 Å². The van der Waals surface area contributed by atoms with E-state index in [4.69, 9.17) is 42.4 Å². The minimum Gasteiger partial charge on any atom is -0.465 e. The third kappa shape index (κ3) is 40.2. The number of hydrogen-bond acceptors (Lipinski definition) is 29. The second kappa shape index (κ2) is 49.8. The summed E-state index contributed by atoms with van der Waals surface area (Å²) in [6.07, 6.45) is 17.8. The summed E-state index contributed by atoms with van der Waals surface area (Å²) in [6, 6.07) is 17.7. The van der Waals surface area contributed by atoms with Crippen LogP contribution in [0.1, 0.15) is 80.2 Å². The van der Waals surface area contributed by atoms with Gasteiger partial charge in [-0.3, -0.25) is 64.2 Å². The van der Waals surface area contributed by atoms with Gasteiger partial charge in [0.1, 0.15) is 52.9 Å². The van der Waals surface area contributed by atoms with Gasteiger partial charge >= 0.3 is 52.2 Å². The Kier molecular flexibility index (Phi) is 42.1. The van der Waals surface area contributed by atoms with Crippen molar-refractivity contribution in [1.82, 2.24) is 0 Å². The molecule has 0 bridgehead atoms. The number of esters is 7. The lowest BCUT2D eigenvalue weighted by molar-refractivity contribution is -0.904.